The highest BCUT2D eigenvalue weighted by Gasteiger charge is 2.15. The molecular formula is C19H31N3O. The Hall–Kier alpha value is -1.39. The van der Waals surface area contributed by atoms with Crippen LogP contribution in [0.1, 0.15) is 50.7 Å². The van der Waals surface area contributed by atoms with Gasteiger partial charge in [-0.25, -0.2) is 0 Å². The topological polar surface area (TPSA) is 58.4 Å². The molecule has 0 radical (unpaired) electrons. The first-order valence-electron chi connectivity index (χ1n) is 8.85. The molecular weight excluding hydrogens is 286 g/mol. The van der Waals surface area contributed by atoms with Crippen LogP contribution in [0.3, 0.4) is 0 Å². The Morgan fingerprint density at radius 3 is 2.74 bits per heavy atom. The molecule has 1 amide bonds. The van der Waals surface area contributed by atoms with Gasteiger partial charge in [-0.3, -0.25) is 9.69 Å². The normalized spacial score (nSPS) is 17.9. The summed E-state index contributed by atoms with van der Waals surface area (Å²) in [4.78, 5) is 14.3. The number of carbonyl (C=O) groups excluding carboxylic acids is 1. The highest BCUT2D eigenvalue weighted by atomic mass is 16.1. The van der Waals surface area contributed by atoms with E-state index in [9.17, 15) is 4.79 Å². The third kappa shape index (κ3) is 6.71. The van der Waals surface area contributed by atoms with Crippen molar-refractivity contribution in [1.29, 1.82) is 0 Å². The monoisotopic (exact) mass is 317 g/mol. The highest BCUT2D eigenvalue weighted by molar-refractivity contribution is 5.75. The van der Waals surface area contributed by atoms with Gasteiger partial charge < -0.3 is 11.1 Å². The molecule has 3 N–H and O–H groups in total. The summed E-state index contributed by atoms with van der Waals surface area (Å²) in [6.45, 7) is 8.27. The quantitative estimate of drug-likeness (QED) is 0.813. The van der Waals surface area contributed by atoms with Crippen molar-refractivity contribution in [3.05, 3.63) is 35.4 Å². The summed E-state index contributed by atoms with van der Waals surface area (Å²) in [5, 5.41) is 2.98. The van der Waals surface area contributed by atoms with Gasteiger partial charge in [0.15, 0.2) is 0 Å². The molecule has 0 aromatic heterocycles. The molecule has 1 fully saturated rings. The van der Waals surface area contributed by atoms with Gasteiger partial charge in [-0.2, -0.15) is 0 Å². The maximum Gasteiger partial charge on any atom is 0.220 e. The number of nitrogens with one attached hydrogen (secondary N) is 1. The Labute approximate surface area is 140 Å². The van der Waals surface area contributed by atoms with E-state index in [1.54, 1.807) is 0 Å². The molecule has 0 bridgehead atoms. The van der Waals surface area contributed by atoms with Crippen LogP contribution in [-0.2, 0) is 17.9 Å². The second-order valence-electron chi connectivity index (χ2n) is 7.07. The molecule has 1 aromatic carbocycles. The minimum atomic E-state index is 0.0799. The molecule has 1 saturated heterocycles. The minimum absolute atomic E-state index is 0.0799. The SMILES string of the molecule is CC(N)CCC(=O)NCc1cccc(CN2CCC(C)CC2)c1. The van der Waals surface area contributed by atoms with E-state index >= 15 is 0 Å². The molecule has 0 saturated carbocycles. The number of piperidine rings is 1. The van der Waals surface area contributed by atoms with Gasteiger partial charge in [0.25, 0.3) is 0 Å². The van der Waals surface area contributed by atoms with Crippen LogP contribution in [0.5, 0.6) is 0 Å². The first kappa shape index (κ1) is 18.0. The lowest BCUT2D eigenvalue weighted by Crippen LogP contribution is -2.32. The zero-order valence-corrected chi connectivity index (χ0v) is 14.6. The highest BCUT2D eigenvalue weighted by Crippen LogP contribution is 2.18. The van der Waals surface area contributed by atoms with E-state index in [4.69, 9.17) is 5.73 Å². The molecule has 1 heterocycles. The molecule has 2 rings (SSSR count). The second-order valence-corrected chi connectivity index (χ2v) is 7.07. The van der Waals surface area contributed by atoms with E-state index in [0.717, 1.165) is 18.9 Å². The second kappa shape index (κ2) is 9.04. The summed E-state index contributed by atoms with van der Waals surface area (Å²) < 4.78 is 0. The van der Waals surface area contributed by atoms with Crippen LogP contribution < -0.4 is 11.1 Å². The van der Waals surface area contributed by atoms with Crippen molar-refractivity contribution < 1.29 is 4.79 Å². The Balaban J connectivity index is 1.79. The predicted octanol–water partition coefficient (Wildman–Crippen LogP) is 2.66. The number of benzene rings is 1. The number of hydrogen-bond donors (Lipinski definition) is 2. The van der Waals surface area contributed by atoms with Gasteiger partial charge in [-0.1, -0.05) is 31.2 Å². The lowest BCUT2D eigenvalue weighted by molar-refractivity contribution is -0.121. The molecule has 23 heavy (non-hydrogen) atoms. The summed E-state index contributed by atoms with van der Waals surface area (Å²) in [6, 6.07) is 8.64. The Morgan fingerprint density at radius 1 is 1.35 bits per heavy atom. The van der Waals surface area contributed by atoms with Crippen molar-refractivity contribution in [2.45, 2.75) is 58.7 Å². The summed E-state index contributed by atoms with van der Waals surface area (Å²) in [6.07, 6.45) is 3.84. The molecule has 0 aliphatic carbocycles. The van der Waals surface area contributed by atoms with E-state index in [0.29, 0.717) is 13.0 Å². The summed E-state index contributed by atoms with van der Waals surface area (Å²) in [7, 11) is 0. The van der Waals surface area contributed by atoms with Crippen molar-refractivity contribution in [1.82, 2.24) is 10.2 Å². The van der Waals surface area contributed by atoms with Gasteiger partial charge in [0.05, 0.1) is 0 Å². The first-order valence-corrected chi connectivity index (χ1v) is 8.85. The smallest absolute Gasteiger partial charge is 0.220 e. The van der Waals surface area contributed by atoms with Gasteiger partial charge in [-0.05, 0) is 56.3 Å². The number of hydrogen-bond acceptors (Lipinski definition) is 3. The third-order valence-corrected chi connectivity index (χ3v) is 4.59. The Morgan fingerprint density at radius 2 is 2.04 bits per heavy atom. The average Bonchev–Trinajstić information content (AvgIpc) is 2.53. The van der Waals surface area contributed by atoms with Crippen molar-refractivity contribution in [2.24, 2.45) is 11.7 Å². The van der Waals surface area contributed by atoms with E-state index in [-0.39, 0.29) is 11.9 Å². The molecule has 4 nitrogen and oxygen atoms in total. The molecule has 1 aliphatic heterocycles. The van der Waals surface area contributed by atoms with Crippen molar-refractivity contribution in [2.75, 3.05) is 13.1 Å². The molecule has 1 atom stereocenters. The van der Waals surface area contributed by atoms with Crippen LogP contribution in [0.4, 0.5) is 0 Å². The van der Waals surface area contributed by atoms with Crippen LogP contribution in [0.15, 0.2) is 24.3 Å². The molecule has 128 valence electrons. The fourth-order valence-electron chi connectivity index (χ4n) is 2.96. The molecule has 4 heteroatoms. The van der Waals surface area contributed by atoms with Crippen molar-refractivity contribution in [3.63, 3.8) is 0 Å². The first-order chi connectivity index (χ1) is 11.0. The number of carbonyl (C=O) groups is 1. The van der Waals surface area contributed by atoms with Crippen LogP contribution in [-0.4, -0.2) is 29.9 Å². The van der Waals surface area contributed by atoms with Gasteiger partial charge in [-0.15, -0.1) is 0 Å². The van der Waals surface area contributed by atoms with E-state index in [2.05, 4.69) is 41.4 Å². The number of likely N-dealkylation sites (tertiary alicyclic amines) is 1. The Kier molecular flexibility index (Phi) is 7.06. The Bertz CT molecular complexity index is 493. The maximum atomic E-state index is 11.8. The summed E-state index contributed by atoms with van der Waals surface area (Å²) in [5.41, 5.74) is 8.18. The van der Waals surface area contributed by atoms with E-state index < -0.39 is 0 Å². The van der Waals surface area contributed by atoms with Gasteiger partial charge >= 0.3 is 0 Å². The number of nitrogens with zero attached hydrogens (tertiary/aromatic N) is 1. The standard InChI is InChI=1S/C19H31N3O/c1-15-8-10-22(11-9-15)14-18-5-3-4-17(12-18)13-21-19(23)7-6-16(2)20/h3-5,12,15-16H,6-11,13-14,20H2,1-2H3,(H,21,23). The van der Waals surface area contributed by atoms with E-state index in [1.807, 2.05) is 6.92 Å². The van der Waals surface area contributed by atoms with Crippen LogP contribution in [0.25, 0.3) is 0 Å². The van der Waals surface area contributed by atoms with Gasteiger partial charge in [0.2, 0.25) is 5.91 Å². The molecule has 0 spiro atoms. The van der Waals surface area contributed by atoms with E-state index in [1.165, 1.54) is 37.1 Å². The molecule has 1 aromatic rings. The number of nitrogens with two attached hydrogens (primary N) is 1. The fraction of sp³-hybridized carbons (Fsp3) is 0.632. The van der Waals surface area contributed by atoms with Crippen molar-refractivity contribution in [3.8, 4) is 0 Å². The zero-order valence-electron chi connectivity index (χ0n) is 14.6. The predicted molar refractivity (Wildman–Crippen MR) is 94.8 cm³/mol. The zero-order chi connectivity index (χ0) is 16.7. The van der Waals surface area contributed by atoms with Gasteiger partial charge in [0, 0.05) is 25.6 Å². The molecule has 1 unspecified atom stereocenters. The number of rotatable bonds is 7. The lowest BCUT2D eigenvalue weighted by atomic mass is 9.98. The average molecular weight is 317 g/mol. The third-order valence-electron chi connectivity index (χ3n) is 4.59. The number of amides is 1. The summed E-state index contributed by atoms with van der Waals surface area (Å²) in [5.74, 6) is 0.946. The van der Waals surface area contributed by atoms with Gasteiger partial charge in [0.1, 0.15) is 0 Å². The lowest BCUT2D eigenvalue weighted by Gasteiger charge is -2.30. The molecule has 1 aliphatic rings. The van der Waals surface area contributed by atoms with Crippen LogP contribution in [0, 0.1) is 5.92 Å². The van der Waals surface area contributed by atoms with Crippen LogP contribution >= 0.6 is 0 Å². The largest absolute Gasteiger partial charge is 0.352 e. The van der Waals surface area contributed by atoms with Crippen molar-refractivity contribution >= 4 is 5.91 Å². The summed E-state index contributed by atoms with van der Waals surface area (Å²) >= 11 is 0. The fourth-order valence-corrected chi connectivity index (χ4v) is 2.96. The van der Waals surface area contributed by atoms with Crippen LogP contribution in [0.2, 0.25) is 0 Å². The minimum Gasteiger partial charge on any atom is -0.352 e. The maximum absolute atomic E-state index is 11.8.